The molecule has 0 unspecified atom stereocenters. The van der Waals surface area contributed by atoms with Gasteiger partial charge in [-0.2, -0.15) is 0 Å². The van der Waals surface area contributed by atoms with Crippen LogP contribution in [0.3, 0.4) is 0 Å². The molecule has 3 aromatic rings. The monoisotopic (exact) mass is 384 g/mol. The van der Waals surface area contributed by atoms with Gasteiger partial charge in [0.2, 0.25) is 0 Å². The Bertz CT molecular complexity index is 1040. The van der Waals surface area contributed by atoms with Crippen LogP contribution >= 0.6 is 11.3 Å². The molecule has 27 heavy (non-hydrogen) atoms. The van der Waals surface area contributed by atoms with Gasteiger partial charge in [-0.25, -0.2) is 4.98 Å². The van der Waals surface area contributed by atoms with Crippen molar-refractivity contribution in [2.75, 3.05) is 6.61 Å². The molecule has 2 heterocycles. The molecule has 0 saturated heterocycles. The number of thiophene rings is 1. The zero-order valence-corrected chi connectivity index (χ0v) is 15.6. The van der Waals surface area contributed by atoms with Crippen LogP contribution in [0.15, 0.2) is 29.1 Å². The summed E-state index contributed by atoms with van der Waals surface area (Å²) in [5.74, 6) is 0.239. The van der Waals surface area contributed by atoms with Crippen molar-refractivity contribution >= 4 is 27.5 Å². The number of carbonyl (C=O) groups is 1. The second-order valence-corrected chi connectivity index (χ2v) is 7.76. The molecule has 1 aliphatic rings. The van der Waals surface area contributed by atoms with E-state index >= 15 is 0 Å². The van der Waals surface area contributed by atoms with Gasteiger partial charge in [-0.05, 0) is 55.5 Å². The molecular weight excluding hydrogens is 364 g/mol. The van der Waals surface area contributed by atoms with Crippen molar-refractivity contribution in [1.82, 2.24) is 9.97 Å². The van der Waals surface area contributed by atoms with Gasteiger partial charge >= 0.3 is 5.97 Å². The predicted molar refractivity (Wildman–Crippen MR) is 105 cm³/mol. The second-order valence-electron chi connectivity index (χ2n) is 6.68. The Morgan fingerprint density at radius 2 is 1.96 bits per heavy atom. The summed E-state index contributed by atoms with van der Waals surface area (Å²) >= 11 is 1.64. The minimum atomic E-state index is -0.893. The van der Waals surface area contributed by atoms with Gasteiger partial charge < -0.3 is 14.8 Å². The number of hydrogen-bond donors (Lipinski definition) is 2. The molecule has 0 atom stereocenters. The lowest BCUT2D eigenvalue weighted by Gasteiger charge is -2.06. The molecule has 2 N–H and O–H groups in total. The van der Waals surface area contributed by atoms with Crippen molar-refractivity contribution < 1.29 is 14.6 Å². The van der Waals surface area contributed by atoms with Crippen molar-refractivity contribution in [1.29, 1.82) is 0 Å². The molecule has 2 aromatic heterocycles. The van der Waals surface area contributed by atoms with E-state index in [4.69, 9.17) is 14.8 Å². The van der Waals surface area contributed by atoms with Gasteiger partial charge in [-0.3, -0.25) is 9.59 Å². The SMILES string of the molecule is O=C(O)CCOc1ccc(-c2nc3sc4c(c3c(=O)[nH]2)CCCCC4)cc1. The van der Waals surface area contributed by atoms with Crippen molar-refractivity contribution in [3.8, 4) is 17.1 Å². The summed E-state index contributed by atoms with van der Waals surface area (Å²) in [4.78, 5) is 33.0. The predicted octanol–water partition coefficient (Wildman–Crippen LogP) is 3.77. The van der Waals surface area contributed by atoms with Crippen LogP contribution in [0.25, 0.3) is 21.6 Å². The molecule has 140 valence electrons. The molecule has 0 spiro atoms. The molecule has 0 fully saturated rings. The lowest BCUT2D eigenvalue weighted by molar-refractivity contribution is -0.137. The number of aromatic nitrogens is 2. The fourth-order valence-electron chi connectivity index (χ4n) is 3.44. The molecule has 0 saturated carbocycles. The van der Waals surface area contributed by atoms with E-state index in [0.29, 0.717) is 11.6 Å². The van der Waals surface area contributed by atoms with Crippen LogP contribution in [-0.2, 0) is 17.6 Å². The number of benzene rings is 1. The van der Waals surface area contributed by atoms with E-state index in [1.54, 1.807) is 23.5 Å². The van der Waals surface area contributed by atoms with E-state index in [9.17, 15) is 9.59 Å². The third-order valence-corrected chi connectivity index (χ3v) is 5.97. The molecule has 0 radical (unpaired) electrons. The van der Waals surface area contributed by atoms with E-state index in [1.165, 1.54) is 23.3 Å². The number of aryl methyl sites for hydroxylation is 2. The van der Waals surface area contributed by atoms with E-state index in [2.05, 4.69) is 4.98 Å². The van der Waals surface area contributed by atoms with Gasteiger partial charge in [0.1, 0.15) is 16.4 Å². The normalized spacial score (nSPS) is 13.9. The summed E-state index contributed by atoms with van der Waals surface area (Å²) in [6.45, 7) is 0.121. The Kier molecular flexibility index (Phi) is 4.94. The Balaban J connectivity index is 1.62. The van der Waals surface area contributed by atoms with Gasteiger partial charge in [0, 0.05) is 10.4 Å². The van der Waals surface area contributed by atoms with Gasteiger partial charge in [0.05, 0.1) is 18.4 Å². The first kappa shape index (κ1) is 17.7. The number of aliphatic carboxylic acids is 1. The lowest BCUT2D eigenvalue weighted by atomic mass is 10.1. The number of fused-ring (bicyclic) bond motifs is 3. The maximum Gasteiger partial charge on any atom is 0.306 e. The molecule has 1 aromatic carbocycles. The second kappa shape index (κ2) is 7.52. The average molecular weight is 384 g/mol. The van der Waals surface area contributed by atoms with Crippen LogP contribution in [0.2, 0.25) is 0 Å². The van der Waals surface area contributed by atoms with Crippen molar-refractivity contribution in [2.45, 2.75) is 38.5 Å². The summed E-state index contributed by atoms with van der Waals surface area (Å²) in [5.41, 5.74) is 1.91. The van der Waals surface area contributed by atoms with Crippen LogP contribution in [0.1, 0.15) is 36.1 Å². The minimum absolute atomic E-state index is 0.0453. The van der Waals surface area contributed by atoms with E-state index in [0.717, 1.165) is 35.0 Å². The van der Waals surface area contributed by atoms with Crippen LogP contribution in [-0.4, -0.2) is 27.7 Å². The van der Waals surface area contributed by atoms with Gasteiger partial charge in [0.25, 0.3) is 5.56 Å². The molecule has 0 amide bonds. The van der Waals surface area contributed by atoms with Crippen LogP contribution in [0.5, 0.6) is 5.75 Å². The number of hydrogen-bond acceptors (Lipinski definition) is 5. The maximum atomic E-state index is 12.7. The number of nitrogens with zero attached hydrogens (tertiary/aromatic N) is 1. The Morgan fingerprint density at radius 3 is 2.74 bits per heavy atom. The summed E-state index contributed by atoms with van der Waals surface area (Å²) < 4.78 is 5.40. The zero-order valence-electron chi connectivity index (χ0n) is 14.8. The molecule has 4 rings (SSSR count). The highest BCUT2D eigenvalue weighted by Crippen LogP contribution is 2.33. The third kappa shape index (κ3) is 3.73. The minimum Gasteiger partial charge on any atom is -0.493 e. The fraction of sp³-hybridized carbons (Fsp3) is 0.350. The molecule has 7 heteroatoms. The number of aromatic amines is 1. The fourth-order valence-corrected chi connectivity index (χ4v) is 4.70. The quantitative estimate of drug-likeness (QED) is 0.653. The van der Waals surface area contributed by atoms with Crippen molar-refractivity contribution in [2.24, 2.45) is 0 Å². The van der Waals surface area contributed by atoms with Gasteiger partial charge in [-0.1, -0.05) is 6.42 Å². The first-order valence-electron chi connectivity index (χ1n) is 9.11. The summed E-state index contributed by atoms with van der Waals surface area (Å²) in [7, 11) is 0. The summed E-state index contributed by atoms with van der Waals surface area (Å²) in [6, 6.07) is 7.15. The molecular formula is C20H20N2O4S. The zero-order chi connectivity index (χ0) is 18.8. The van der Waals surface area contributed by atoms with Crippen molar-refractivity contribution in [3.63, 3.8) is 0 Å². The van der Waals surface area contributed by atoms with Gasteiger partial charge in [-0.15, -0.1) is 11.3 Å². The first-order chi connectivity index (χ1) is 13.1. The van der Waals surface area contributed by atoms with Gasteiger partial charge in [0.15, 0.2) is 0 Å². The topological polar surface area (TPSA) is 92.3 Å². The van der Waals surface area contributed by atoms with E-state index in [-0.39, 0.29) is 18.6 Å². The standard InChI is InChI=1S/C20H20N2O4S/c23-16(24)10-11-26-13-8-6-12(7-9-13)18-21-19(25)17-14-4-2-1-3-5-15(14)27-20(17)22-18/h6-9H,1-5,10-11H2,(H,23,24)(H,21,22,25). The number of carboxylic acid groups (broad SMARTS) is 1. The lowest BCUT2D eigenvalue weighted by Crippen LogP contribution is -2.10. The Morgan fingerprint density at radius 1 is 1.19 bits per heavy atom. The third-order valence-electron chi connectivity index (χ3n) is 4.79. The summed E-state index contributed by atoms with van der Waals surface area (Å²) in [6.07, 6.45) is 5.47. The highest BCUT2D eigenvalue weighted by Gasteiger charge is 2.19. The Labute approximate surface area is 159 Å². The maximum absolute atomic E-state index is 12.7. The average Bonchev–Trinajstić information content (AvgIpc) is 2.84. The largest absolute Gasteiger partial charge is 0.493 e. The number of H-pyrrole nitrogens is 1. The van der Waals surface area contributed by atoms with E-state index in [1.807, 2.05) is 12.1 Å². The number of carboxylic acids is 1. The van der Waals surface area contributed by atoms with E-state index < -0.39 is 5.97 Å². The number of ether oxygens (including phenoxy) is 1. The highest BCUT2D eigenvalue weighted by atomic mass is 32.1. The smallest absolute Gasteiger partial charge is 0.306 e. The molecule has 0 bridgehead atoms. The van der Waals surface area contributed by atoms with Crippen molar-refractivity contribution in [3.05, 3.63) is 45.1 Å². The molecule has 1 aliphatic carbocycles. The number of nitrogens with one attached hydrogen (secondary N) is 1. The summed E-state index contributed by atoms with van der Waals surface area (Å²) in [5, 5.41) is 9.41. The molecule has 6 nitrogen and oxygen atoms in total. The first-order valence-corrected chi connectivity index (χ1v) is 9.93. The van der Waals surface area contributed by atoms with Crippen LogP contribution in [0, 0.1) is 0 Å². The van der Waals surface area contributed by atoms with Crippen LogP contribution in [0.4, 0.5) is 0 Å². The van der Waals surface area contributed by atoms with Crippen LogP contribution < -0.4 is 10.3 Å². The highest BCUT2D eigenvalue weighted by molar-refractivity contribution is 7.18. The molecule has 0 aliphatic heterocycles. The Hall–Kier alpha value is -2.67. The number of rotatable bonds is 5.